The summed E-state index contributed by atoms with van der Waals surface area (Å²) in [5, 5.41) is 15.4. The first-order chi connectivity index (χ1) is 9.58. The number of hydrogen-bond donors (Lipinski definition) is 2. The van der Waals surface area contributed by atoms with Crippen LogP contribution in [0, 0.1) is 0 Å². The van der Waals surface area contributed by atoms with Crippen LogP contribution in [0.2, 0.25) is 0 Å². The number of carbonyl (C=O) groups is 2. The van der Waals surface area contributed by atoms with E-state index in [0.717, 1.165) is 5.69 Å². The Bertz CT molecular complexity index is 676. The molecule has 0 saturated carbocycles. The lowest BCUT2D eigenvalue weighted by atomic mass is 10.3. The molecule has 0 aromatic carbocycles. The highest BCUT2D eigenvalue weighted by molar-refractivity contribution is 6.05. The van der Waals surface area contributed by atoms with E-state index in [1.165, 1.54) is 18.3 Å². The molecule has 7 nitrogen and oxygen atoms in total. The van der Waals surface area contributed by atoms with Gasteiger partial charge in [-0.3, -0.25) is 9.48 Å². The van der Waals surface area contributed by atoms with Crippen molar-refractivity contribution in [1.29, 1.82) is 0 Å². The zero-order valence-corrected chi connectivity index (χ0v) is 10.6. The van der Waals surface area contributed by atoms with Gasteiger partial charge in [0.05, 0.1) is 11.4 Å². The molecule has 2 aromatic rings. The fourth-order valence-electron chi connectivity index (χ4n) is 1.56. The molecule has 2 rings (SSSR count). The third kappa shape index (κ3) is 3.08. The minimum absolute atomic E-state index is 0.152. The third-order valence-electron chi connectivity index (χ3n) is 2.53. The topological polar surface area (TPSA) is 97.1 Å². The van der Waals surface area contributed by atoms with Crippen LogP contribution in [0.5, 0.6) is 0 Å². The number of hydrogen-bond acceptors (Lipinski definition) is 4. The Labute approximate surface area is 114 Å². The monoisotopic (exact) mass is 272 g/mol. The van der Waals surface area contributed by atoms with E-state index in [1.807, 2.05) is 0 Å². The first-order valence-corrected chi connectivity index (χ1v) is 5.73. The van der Waals surface area contributed by atoms with Crippen molar-refractivity contribution < 1.29 is 14.7 Å². The van der Waals surface area contributed by atoms with E-state index in [4.69, 9.17) is 5.11 Å². The first kappa shape index (κ1) is 13.5. The van der Waals surface area contributed by atoms with Crippen LogP contribution in [0.3, 0.4) is 0 Å². The largest absolute Gasteiger partial charge is 0.476 e. The van der Waals surface area contributed by atoms with Crippen molar-refractivity contribution in [3.8, 4) is 0 Å². The number of nitrogens with one attached hydrogen (secondary N) is 1. The highest BCUT2D eigenvalue weighted by Gasteiger charge is 2.12. The second-order valence-corrected chi connectivity index (χ2v) is 3.91. The SMILES string of the molecule is Cn1nccc1/C=C/C(=O)Nc1cccnc1C(=O)O. The van der Waals surface area contributed by atoms with Crippen LogP contribution in [-0.2, 0) is 11.8 Å². The molecule has 0 fully saturated rings. The van der Waals surface area contributed by atoms with Gasteiger partial charge in [-0.25, -0.2) is 9.78 Å². The summed E-state index contributed by atoms with van der Waals surface area (Å²) in [7, 11) is 1.75. The molecular weight excluding hydrogens is 260 g/mol. The van der Waals surface area contributed by atoms with Crippen molar-refractivity contribution >= 4 is 23.6 Å². The average molecular weight is 272 g/mol. The van der Waals surface area contributed by atoms with Crippen molar-refractivity contribution in [2.24, 2.45) is 7.05 Å². The summed E-state index contributed by atoms with van der Waals surface area (Å²) in [6, 6.07) is 4.77. The zero-order valence-electron chi connectivity index (χ0n) is 10.6. The Kier molecular flexibility index (Phi) is 3.90. The number of rotatable bonds is 4. The maximum Gasteiger partial charge on any atom is 0.356 e. The lowest BCUT2D eigenvalue weighted by Crippen LogP contribution is -2.13. The van der Waals surface area contributed by atoms with E-state index < -0.39 is 11.9 Å². The highest BCUT2D eigenvalue weighted by Crippen LogP contribution is 2.12. The van der Waals surface area contributed by atoms with Crippen LogP contribution in [-0.4, -0.2) is 31.7 Å². The standard InChI is InChI=1S/C13H12N4O3/c1-17-9(6-8-15-17)4-5-11(18)16-10-3-2-7-14-12(10)13(19)20/h2-8H,1H3,(H,16,18)(H,19,20)/b5-4+. The molecule has 2 N–H and O–H groups in total. The van der Waals surface area contributed by atoms with E-state index >= 15 is 0 Å². The number of carboxylic acids is 1. The van der Waals surface area contributed by atoms with E-state index in [-0.39, 0.29) is 11.4 Å². The van der Waals surface area contributed by atoms with Gasteiger partial charge in [0.1, 0.15) is 0 Å². The number of anilines is 1. The van der Waals surface area contributed by atoms with Crippen LogP contribution in [0.15, 0.2) is 36.7 Å². The molecule has 0 radical (unpaired) electrons. The van der Waals surface area contributed by atoms with Gasteiger partial charge in [0.25, 0.3) is 0 Å². The van der Waals surface area contributed by atoms with E-state index in [2.05, 4.69) is 15.4 Å². The highest BCUT2D eigenvalue weighted by atomic mass is 16.4. The number of aryl methyl sites for hydroxylation is 1. The van der Waals surface area contributed by atoms with Gasteiger partial charge in [0.2, 0.25) is 5.91 Å². The van der Waals surface area contributed by atoms with Crippen LogP contribution >= 0.6 is 0 Å². The summed E-state index contributed by atoms with van der Waals surface area (Å²) in [6.45, 7) is 0. The third-order valence-corrected chi connectivity index (χ3v) is 2.53. The number of carboxylic acid groups (broad SMARTS) is 1. The summed E-state index contributed by atoms with van der Waals surface area (Å²) in [5.41, 5.74) is 0.708. The summed E-state index contributed by atoms with van der Waals surface area (Å²) < 4.78 is 1.61. The molecule has 0 atom stereocenters. The van der Waals surface area contributed by atoms with Gasteiger partial charge >= 0.3 is 5.97 Å². The maximum atomic E-state index is 11.7. The quantitative estimate of drug-likeness (QED) is 0.814. The molecule has 0 spiro atoms. The fourth-order valence-corrected chi connectivity index (χ4v) is 1.56. The summed E-state index contributed by atoms with van der Waals surface area (Å²) in [6.07, 6.45) is 5.85. The van der Waals surface area contributed by atoms with Crippen LogP contribution < -0.4 is 5.32 Å². The average Bonchev–Trinajstić information content (AvgIpc) is 2.82. The lowest BCUT2D eigenvalue weighted by Gasteiger charge is -2.04. The van der Waals surface area contributed by atoms with Crippen molar-refractivity contribution in [3.05, 3.63) is 48.1 Å². The van der Waals surface area contributed by atoms with Crippen LogP contribution in [0.25, 0.3) is 6.08 Å². The van der Waals surface area contributed by atoms with Gasteiger partial charge in [-0.05, 0) is 24.3 Å². The second kappa shape index (κ2) is 5.79. The minimum Gasteiger partial charge on any atom is -0.476 e. The Hall–Kier alpha value is -2.96. The van der Waals surface area contributed by atoms with E-state index in [0.29, 0.717) is 0 Å². The molecule has 0 bridgehead atoms. The fraction of sp³-hybridized carbons (Fsp3) is 0.0769. The normalized spacial score (nSPS) is 10.7. The maximum absolute atomic E-state index is 11.7. The van der Waals surface area contributed by atoms with E-state index in [9.17, 15) is 9.59 Å². The number of pyridine rings is 1. The summed E-state index contributed by atoms with van der Waals surface area (Å²) in [4.78, 5) is 26.4. The van der Waals surface area contributed by atoms with Crippen molar-refractivity contribution in [2.75, 3.05) is 5.32 Å². The number of amides is 1. The number of carbonyl (C=O) groups excluding carboxylic acids is 1. The Morgan fingerprint density at radius 2 is 2.15 bits per heavy atom. The van der Waals surface area contributed by atoms with Gasteiger partial charge in [-0.2, -0.15) is 5.10 Å². The Morgan fingerprint density at radius 1 is 1.35 bits per heavy atom. The molecule has 7 heteroatoms. The molecule has 20 heavy (non-hydrogen) atoms. The van der Waals surface area contributed by atoms with Gasteiger partial charge in [-0.15, -0.1) is 0 Å². The lowest BCUT2D eigenvalue weighted by molar-refractivity contribution is -0.111. The molecular formula is C13H12N4O3. The number of aromatic carboxylic acids is 1. The molecule has 2 aromatic heterocycles. The van der Waals surface area contributed by atoms with Gasteiger partial charge < -0.3 is 10.4 Å². The van der Waals surface area contributed by atoms with Crippen molar-refractivity contribution in [3.63, 3.8) is 0 Å². The molecule has 0 aliphatic rings. The molecule has 1 amide bonds. The van der Waals surface area contributed by atoms with E-state index in [1.54, 1.807) is 36.1 Å². The van der Waals surface area contributed by atoms with Crippen molar-refractivity contribution in [2.45, 2.75) is 0 Å². The van der Waals surface area contributed by atoms with Crippen LogP contribution in [0.1, 0.15) is 16.2 Å². The van der Waals surface area contributed by atoms with Gasteiger partial charge in [0.15, 0.2) is 5.69 Å². The first-order valence-electron chi connectivity index (χ1n) is 5.73. The predicted octanol–water partition coefficient (Wildman–Crippen LogP) is 1.17. The molecule has 102 valence electrons. The predicted molar refractivity (Wildman–Crippen MR) is 72.1 cm³/mol. The molecule has 0 aliphatic carbocycles. The Balaban J connectivity index is 2.11. The Morgan fingerprint density at radius 3 is 2.80 bits per heavy atom. The molecule has 2 heterocycles. The molecule has 0 unspecified atom stereocenters. The number of aromatic nitrogens is 3. The molecule has 0 saturated heterocycles. The summed E-state index contributed by atoms with van der Waals surface area (Å²) in [5.74, 6) is -1.64. The van der Waals surface area contributed by atoms with Gasteiger partial charge in [-0.1, -0.05) is 0 Å². The smallest absolute Gasteiger partial charge is 0.356 e. The van der Waals surface area contributed by atoms with Gasteiger partial charge in [0, 0.05) is 25.5 Å². The minimum atomic E-state index is -1.20. The van der Waals surface area contributed by atoms with Crippen LogP contribution in [0.4, 0.5) is 5.69 Å². The van der Waals surface area contributed by atoms with Crippen molar-refractivity contribution in [1.82, 2.24) is 14.8 Å². The summed E-state index contributed by atoms with van der Waals surface area (Å²) >= 11 is 0. The zero-order chi connectivity index (χ0) is 14.5. The number of nitrogens with zero attached hydrogens (tertiary/aromatic N) is 3. The second-order valence-electron chi connectivity index (χ2n) is 3.91. The molecule has 0 aliphatic heterocycles.